The lowest BCUT2D eigenvalue weighted by Crippen LogP contribution is -2.48. The van der Waals surface area contributed by atoms with E-state index in [1.807, 2.05) is 48.2 Å². The molecule has 2 N–H and O–H groups in total. The number of hydrogen-bond acceptors (Lipinski definition) is 6. The fourth-order valence-corrected chi connectivity index (χ4v) is 5.76. The molecular formula is C33H38Cl2FN5O4S. The van der Waals surface area contributed by atoms with Crippen LogP contribution in [0.1, 0.15) is 29.7 Å². The van der Waals surface area contributed by atoms with E-state index in [1.54, 1.807) is 42.6 Å². The van der Waals surface area contributed by atoms with Gasteiger partial charge in [-0.1, -0.05) is 18.2 Å². The Balaban J connectivity index is 0.00000288. The molecule has 1 fully saturated rings. The summed E-state index contributed by atoms with van der Waals surface area (Å²) in [6, 6.07) is 24.1. The predicted octanol–water partition coefficient (Wildman–Crippen LogP) is 7.24. The lowest BCUT2D eigenvalue weighted by atomic mass is 10.0. The molecule has 246 valence electrons. The molecule has 0 atom stereocenters. The predicted molar refractivity (Wildman–Crippen MR) is 184 cm³/mol. The second-order valence-corrected chi connectivity index (χ2v) is 12.7. The Labute approximate surface area is 282 Å². The number of benzene rings is 3. The summed E-state index contributed by atoms with van der Waals surface area (Å²) in [5.74, 6) is 0.936. The molecule has 1 aliphatic heterocycles. The van der Waals surface area contributed by atoms with E-state index in [9.17, 15) is 17.6 Å². The third kappa shape index (κ3) is 10.6. The number of anilines is 2. The minimum absolute atomic E-state index is 0. The summed E-state index contributed by atoms with van der Waals surface area (Å²) in [5.41, 5.74) is 4.05. The molecule has 2 heterocycles. The Morgan fingerprint density at radius 1 is 0.935 bits per heavy atom. The third-order valence-corrected chi connectivity index (χ3v) is 8.12. The van der Waals surface area contributed by atoms with Gasteiger partial charge in [0.1, 0.15) is 17.3 Å². The van der Waals surface area contributed by atoms with Crippen molar-refractivity contribution in [2.24, 2.45) is 0 Å². The monoisotopic (exact) mass is 689 g/mol. The van der Waals surface area contributed by atoms with Crippen molar-refractivity contribution in [1.29, 1.82) is 0 Å². The van der Waals surface area contributed by atoms with Gasteiger partial charge in [-0.2, -0.15) is 0 Å². The molecule has 9 nitrogen and oxygen atoms in total. The molecule has 0 bridgehead atoms. The number of nitrogens with zero attached hydrogens (tertiary/aromatic N) is 3. The molecule has 0 spiro atoms. The van der Waals surface area contributed by atoms with Gasteiger partial charge < -0.3 is 15.0 Å². The zero-order valence-corrected chi connectivity index (χ0v) is 28.0. The maximum Gasteiger partial charge on any atom is 0.322 e. The van der Waals surface area contributed by atoms with Gasteiger partial charge in [-0.25, -0.2) is 17.6 Å². The molecule has 1 aliphatic rings. The van der Waals surface area contributed by atoms with E-state index in [0.717, 1.165) is 55.6 Å². The SMILES string of the molecule is Cc1cccnc1CN(C(=O)Nc1ccc(F)cc1)C1CCN(Cc2ccc(Oc3ccc(NS(C)(=O)=O)cc3)cc2)CC1.Cl.Cl. The molecule has 2 amide bonds. The molecule has 1 saturated heterocycles. The summed E-state index contributed by atoms with van der Waals surface area (Å²) < 4.78 is 44.5. The molecule has 1 aromatic heterocycles. The molecule has 3 aromatic carbocycles. The minimum Gasteiger partial charge on any atom is -0.457 e. The molecule has 13 heteroatoms. The number of ether oxygens (including phenoxy) is 1. The van der Waals surface area contributed by atoms with E-state index in [2.05, 4.69) is 19.9 Å². The number of aromatic nitrogens is 1. The van der Waals surface area contributed by atoms with Crippen molar-refractivity contribution in [2.75, 3.05) is 29.4 Å². The maximum absolute atomic E-state index is 13.5. The molecule has 0 unspecified atom stereocenters. The molecule has 0 radical (unpaired) electrons. The number of amides is 2. The molecule has 0 aliphatic carbocycles. The van der Waals surface area contributed by atoms with Gasteiger partial charge in [0, 0.05) is 43.2 Å². The van der Waals surface area contributed by atoms with Crippen LogP contribution >= 0.6 is 24.8 Å². The molecule has 4 aromatic rings. The highest BCUT2D eigenvalue weighted by molar-refractivity contribution is 7.92. The quantitative estimate of drug-likeness (QED) is 0.182. The lowest BCUT2D eigenvalue weighted by Gasteiger charge is -2.38. The van der Waals surface area contributed by atoms with Crippen LogP contribution in [0.25, 0.3) is 0 Å². The zero-order valence-electron chi connectivity index (χ0n) is 25.6. The number of aryl methyl sites for hydroxylation is 1. The van der Waals surface area contributed by atoms with E-state index < -0.39 is 10.0 Å². The maximum atomic E-state index is 13.5. The number of carbonyl (C=O) groups excluding carboxylic acids is 1. The zero-order chi connectivity index (χ0) is 31.1. The van der Waals surface area contributed by atoms with Crippen molar-refractivity contribution < 1.29 is 22.3 Å². The molecule has 46 heavy (non-hydrogen) atoms. The van der Waals surface area contributed by atoms with Crippen LogP contribution in [0, 0.1) is 12.7 Å². The number of sulfonamides is 1. The van der Waals surface area contributed by atoms with Gasteiger partial charge in [0.2, 0.25) is 10.0 Å². The molecule has 5 rings (SSSR count). The van der Waals surface area contributed by atoms with Gasteiger partial charge in [0.25, 0.3) is 0 Å². The van der Waals surface area contributed by atoms with E-state index in [0.29, 0.717) is 29.4 Å². The van der Waals surface area contributed by atoms with Gasteiger partial charge in [-0.3, -0.25) is 14.6 Å². The Kier molecular flexibility index (Phi) is 13.2. The Hall–Kier alpha value is -3.90. The van der Waals surface area contributed by atoms with Crippen molar-refractivity contribution in [3.63, 3.8) is 0 Å². The molecular weight excluding hydrogens is 652 g/mol. The first-order chi connectivity index (χ1) is 21.1. The lowest BCUT2D eigenvalue weighted by molar-refractivity contribution is 0.119. The first-order valence-corrected chi connectivity index (χ1v) is 16.3. The molecule has 0 saturated carbocycles. The van der Waals surface area contributed by atoms with Gasteiger partial charge in [-0.05, 0) is 97.6 Å². The van der Waals surface area contributed by atoms with Crippen LogP contribution in [0.15, 0.2) is 91.1 Å². The van der Waals surface area contributed by atoms with Gasteiger partial charge in [0.15, 0.2) is 0 Å². The largest absolute Gasteiger partial charge is 0.457 e. The van der Waals surface area contributed by atoms with Crippen molar-refractivity contribution in [2.45, 2.75) is 38.9 Å². The van der Waals surface area contributed by atoms with Crippen molar-refractivity contribution in [1.82, 2.24) is 14.8 Å². The fraction of sp³-hybridized carbons (Fsp3) is 0.273. The number of pyridine rings is 1. The average molecular weight is 691 g/mol. The number of hydrogen-bond donors (Lipinski definition) is 2. The highest BCUT2D eigenvalue weighted by atomic mass is 35.5. The number of urea groups is 1. The summed E-state index contributed by atoms with van der Waals surface area (Å²) in [4.78, 5) is 22.2. The standard InChI is InChI=1S/C33H36FN5O4S.2ClH/c1-24-4-3-19-35-32(24)23-39(33(40)36-27-9-7-26(34)8-10-27)29-17-20-38(21-18-29)22-25-5-13-30(14-6-25)43-31-15-11-28(12-16-31)37-44(2,41)42;;/h3-16,19,29,37H,17-18,20-23H2,1-2H3,(H,36,40);2*1H. The minimum atomic E-state index is -3.33. The number of likely N-dealkylation sites (tertiary alicyclic amines) is 1. The Morgan fingerprint density at radius 3 is 2.11 bits per heavy atom. The van der Waals surface area contributed by atoms with E-state index >= 15 is 0 Å². The van der Waals surface area contributed by atoms with Crippen LogP contribution in [0.2, 0.25) is 0 Å². The number of halogens is 3. The fourth-order valence-electron chi connectivity index (χ4n) is 5.19. The first kappa shape index (κ1) is 36.6. The van der Waals surface area contributed by atoms with E-state index in [-0.39, 0.29) is 42.7 Å². The van der Waals surface area contributed by atoms with Crippen LogP contribution < -0.4 is 14.8 Å². The third-order valence-electron chi connectivity index (χ3n) is 7.51. The van der Waals surface area contributed by atoms with Crippen LogP contribution in [-0.4, -0.2) is 54.6 Å². The summed E-state index contributed by atoms with van der Waals surface area (Å²) in [7, 11) is -3.33. The number of carbonyl (C=O) groups is 1. The highest BCUT2D eigenvalue weighted by Gasteiger charge is 2.29. The smallest absolute Gasteiger partial charge is 0.322 e. The van der Waals surface area contributed by atoms with Crippen LogP contribution in [-0.2, 0) is 23.1 Å². The number of rotatable bonds is 10. The van der Waals surface area contributed by atoms with E-state index in [1.165, 1.54) is 12.1 Å². The Bertz CT molecular complexity index is 1670. The van der Waals surface area contributed by atoms with E-state index in [4.69, 9.17) is 4.74 Å². The average Bonchev–Trinajstić information content (AvgIpc) is 3.00. The van der Waals surface area contributed by atoms with Crippen molar-refractivity contribution in [3.05, 3.63) is 114 Å². The highest BCUT2D eigenvalue weighted by Crippen LogP contribution is 2.26. The number of nitrogens with one attached hydrogen (secondary N) is 2. The first-order valence-electron chi connectivity index (χ1n) is 14.4. The summed E-state index contributed by atoms with van der Waals surface area (Å²) in [6.45, 7) is 4.83. The summed E-state index contributed by atoms with van der Waals surface area (Å²) >= 11 is 0. The van der Waals surface area contributed by atoms with Gasteiger partial charge >= 0.3 is 6.03 Å². The summed E-state index contributed by atoms with van der Waals surface area (Å²) in [5, 5.41) is 2.93. The van der Waals surface area contributed by atoms with Gasteiger partial charge in [-0.15, -0.1) is 24.8 Å². The van der Waals surface area contributed by atoms with Crippen LogP contribution in [0.5, 0.6) is 11.5 Å². The summed E-state index contributed by atoms with van der Waals surface area (Å²) in [6.07, 6.45) is 4.48. The number of piperidine rings is 1. The van der Waals surface area contributed by atoms with Crippen LogP contribution in [0.4, 0.5) is 20.6 Å². The second-order valence-electron chi connectivity index (χ2n) is 11.0. The van der Waals surface area contributed by atoms with Crippen LogP contribution in [0.3, 0.4) is 0 Å². The Morgan fingerprint density at radius 2 is 1.52 bits per heavy atom. The van der Waals surface area contributed by atoms with Gasteiger partial charge in [0.05, 0.1) is 18.5 Å². The second kappa shape index (κ2) is 16.6. The van der Waals surface area contributed by atoms with Crippen molar-refractivity contribution >= 4 is 52.2 Å². The normalized spacial score (nSPS) is 13.5. The van der Waals surface area contributed by atoms with Crippen molar-refractivity contribution in [3.8, 4) is 11.5 Å². The topological polar surface area (TPSA) is 104 Å².